The van der Waals surface area contributed by atoms with Gasteiger partial charge in [-0.1, -0.05) is 5.21 Å². The van der Waals surface area contributed by atoms with Crippen LogP contribution in [-0.4, -0.2) is 41.1 Å². The molecule has 7 nitrogen and oxygen atoms in total. The van der Waals surface area contributed by atoms with Crippen LogP contribution in [0, 0.1) is 0 Å². The number of ether oxygens (including phenoxy) is 1. The highest BCUT2D eigenvalue weighted by atomic mass is 35.5. The van der Waals surface area contributed by atoms with Gasteiger partial charge in [0.1, 0.15) is 5.75 Å². The summed E-state index contributed by atoms with van der Waals surface area (Å²) in [5.41, 5.74) is 1.50. The minimum absolute atomic E-state index is 0. The van der Waals surface area contributed by atoms with Gasteiger partial charge in [-0.25, -0.2) is 4.68 Å². The van der Waals surface area contributed by atoms with E-state index in [1.165, 1.54) is 0 Å². The molecule has 29 heavy (non-hydrogen) atoms. The molecule has 0 unspecified atom stereocenters. The maximum absolute atomic E-state index is 12.4. The summed E-state index contributed by atoms with van der Waals surface area (Å²) in [7, 11) is 1.66. The first kappa shape index (κ1) is 21.3. The Morgan fingerprint density at radius 3 is 2.72 bits per heavy atom. The topological polar surface area (TPSA) is 81.1 Å². The summed E-state index contributed by atoms with van der Waals surface area (Å²) in [6.07, 6.45) is 3.77. The van der Waals surface area contributed by atoms with Crippen molar-refractivity contribution in [3.63, 3.8) is 0 Å². The van der Waals surface area contributed by atoms with E-state index in [4.69, 9.17) is 4.74 Å². The van der Waals surface area contributed by atoms with E-state index >= 15 is 0 Å². The molecule has 0 bridgehead atoms. The van der Waals surface area contributed by atoms with Crippen LogP contribution in [0.4, 0.5) is 0 Å². The number of hydrogen-bond acceptors (Lipinski definition) is 6. The van der Waals surface area contributed by atoms with Gasteiger partial charge < -0.3 is 15.4 Å². The third kappa shape index (κ3) is 5.14. The standard InChI is InChI=1S/C20H23N5O2S.ClH/c1-27-16-4-2-14(3-5-16)19-7-6-17(28-19)12-22-20(26)18-13-25(24-23-18)15-8-10-21-11-9-15;/h2-7,13,15,21H,8-12H2,1H3,(H,22,26);1H. The highest BCUT2D eigenvalue weighted by Crippen LogP contribution is 2.29. The van der Waals surface area contributed by atoms with E-state index in [-0.39, 0.29) is 18.3 Å². The van der Waals surface area contributed by atoms with Crippen LogP contribution in [-0.2, 0) is 6.54 Å². The molecule has 3 aromatic rings. The summed E-state index contributed by atoms with van der Waals surface area (Å²) < 4.78 is 7.02. The molecule has 4 rings (SSSR count). The number of thiophene rings is 1. The van der Waals surface area contributed by atoms with Crippen molar-refractivity contribution in [3.05, 3.63) is 53.2 Å². The van der Waals surface area contributed by atoms with Crippen molar-refractivity contribution in [1.82, 2.24) is 25.6 Å². The third-order valence-electron chi connectivity index (χ3n) is 4.89. The molecule has 154 valence electrons. The minimum Gasteiger partial charge on any atom is -0.497 e. The Kier molecular flexibility index (Phi) is 7.24. The van der Waals surface area contributed by atoms with Crippen LogP contribution in [0.3, 0.4) is 0 Å². The lowest BCUT2D eigenvalue weighted by Crippen LogP contribution is -2.29. The van der Waals surface area contributed by atoms with Crippen LogP contribution in [0.2, 0.25) is 0 Å². The third-order valence-corrected chi connectivity index (χ3v) is 6.02. The first-order valence-electron chi connectivity index (χ1n) is 9.37. The molecule has 2 N–H and O–H groups in total. The van der Waals surface area contributed by atoms with Crippen LogP contribution in [0.15, 0.2) is 42.6 Å². The number of aromatic nitrogens is 3. The van der Waals surface area contributed by atoms with Crippen LogP contribution in [0.1, 0.15) is 34.2 Å². The first-order valence-corrected chi connectivity index (χ1v) is 10.2. The largest absolute Gasteiger partial charge is 0.497 e. The molecule has 0 atom stereocenters. The molecule has 1 saturated heterocycles. The Morgan fingerprint density at radius 2 is 2.00 bits per heavy atom. The molecule has 0 saturated carbocycles. The van der Waals surface area contributed by atoms with E-state index in [1.807, 2.05) is 35.0 Å². The van der Waals surface area contributed by atoms with Gasteiger partial charge in [0.25, 0.3) is 5.91 Å². The van der Waals surface area contributed by atoms with Gasteiger partial charge in [0, 0.05) is 9.75 Å². The Balaban J connectivity index is 0.00000240. The normalized spacial score (nSPS) is 14.2. The summed E-state index contributed by atoms with van der Waals surface area (Å²) in [5, 5.41) is 14.5. The molecule has 0 radical (unpaired) electrons. The molecule has 9 heteroatoms. The molecule has 1 aliphatic heterocycles. The lowest BCUT2D eigenvalue weighted by atomic mass is 10.1. The van der Waals surface area contributed by atoms with E-state index in [9.17, 15) is 4.79 Å². The van der Waals surface area contributed by atoms with Crippen LogP contribution < -0.4 is 15.4 Å². The van der Waals surface area contributed by atoms with Gasteiger partial charge >= 0.3 is 0 Å². The quantitative estimate of drug-likeness (QED) is 0.623. The molecule has 1 aliphatic rings. The Hall–Kier alpha value is -2.42. The Bertz CT molecular complexity index is 935. The fourth-order valence-electron chi connectivity index (χ4n) is 3.27. The van der Waals surface area contributed by atoms with Crippen molar-refractivity contribution in [2.24, 2.45) is 0 Å². The number of halogens is 1. The zero-order chi connectivity index (χ0) is 19.3. The Morgan fingerprint density at radius 1 is 1.24 bits per heavy atom. The maximum Gasteiger partial charge on any atom is 0.273 e. The molecule has 1 amide bonds. The minimum atomic E-state index is -0.195. The average Bonchev–Trinajstić information content (AvgIpc) is 3.43. The van der Waals surface area contributed by atoms with Crippen LogP contribution in [0.5, 0.6) is 5.75 Å². The monoisotopic (exact) mass is 433 g/mol. The number of carbonyl (C=O) groups excluding carboxylic acids is 1. The number of amides is 1. The van der Waals surface area contributed by atoms with Crippen LogP contribution >= 0.6 is 23.7 Å². The predicted molar refractivity (Wildman–Crippen MR) is 116 cm³/mol. The molecular weight excluding hydrogens is 410 g/mol. The number of piperidine rings is 1. The Labute approximate surface area is 179 Å². The van der Waals surface area contributed by atoms with Crippen molar-refractivity contribution >= 4 is 29.7 Å². The van der Waals surface area contributed by atoms with Gasteiger partial charge in [0.2, 0.25) is 0 Å². The number of nitrogens with one attached hydrogen (secondary N) is 2. The van der Waals surface area contributed by atoms with E-state index < -0.39 is 0 Å². The SMILES string of the molecule is COc1ccc(-c2ccc(CNC(=O)c3cn(C4CCNCC4)nn3)s2)cc1.Cl. The fourth-order valence-corrected chi connectivity index (χ4v) is 4.22. The summed E-state index contributed by atoms with van der Waals surface area (Å²) in [5.74, 6) is 0.643. The molecule has 0 aliphatic carbocycles. The zero-order valence-corrected chi connectivity index (χ0v) is 17.8. The van der Waals surface area contributed by atoms with E-state index in [2.05, 4.69) is 27.0 Å². The predicted octanol–water partition coefficient (Wildman–Crippen LogP) is 3.29. The maximum atomic E-state index is 12.4. The number of methoxy groups -OCH3 is 1. The summed E-state index contributed by atoms with van der Waals surface area (Å²) >= 11 is 1.66. The number of carbonyl (C=O) groups is 1. The molecule has 3 heterocycles. The van der Waals surface area contributed by atoms with E-state index in [0.29, 0.717) is 18.3 Å². The highest BCUT2D eigenvalue weighted by Gasteiger charge is 2.18. The molecular formula is C20H24ClN5O2S. The number of rotatable bonds is 6. The molecule has 1 aromatic carbocycles. The van der Waals surface area contributed by atoms with E-state index in [1.54, 1.807) is 24.6 Å². The zero-order valence-electron chi connectivity index (χ0n) is 16.1. The van der Waals surface area contributed by atoms with Crippen molar-refractivity contribution < 1.29 is 9.53 Å². The van der Waals surface area contributed by atoms with Crippen molar-refractivity contribution in [2.45, 2.75) is 25.4 Å². The second kappa shape index (κ2) is 9.87. The van der Waals surface area contributed by atoms with Crippen molar-refractivity contribution in [3.8, 4) is 16.2 Å². The van der Waals surface area contributed by atoms with Gasteiger partial charge in [-0.3, -0.25) is 4.79 Å². The molecule has 0 spiro atoms. The number of benzene rings is 1. The second-order valence-corrected chi connectivity index (χ2v) is 7.91. The molecule has 1 fully saturated rings. The van der Waals surface area contributed by atoms with Crippen LogP contribution in [0.25, 0.3) is 10.4 Å². The van der Waals surface area contributed by atoms with Gasteiger partial charge in [0.15, 0.2) is 5.69 Å². The fraction of sp³-hybridized carbons (Fsp3) is 0.350. The van der Waals surface area contributed by atoms with Gasteiger partial charge in [-0.15, -0.1) is 28.8 Å². The first-order chi connectivity index (χ1) is 13.7. The van der Waals surface area contributed by atoms with Gasteiger partial charge in [-0.05, 0) is 67.9 Å². The lowest BCUT2D eigenvalue weighted by molar-refractivity contribution is 0.0946. The summed E-state index contributed by atoms with van der Waals surface area (Å²) in [6.45, 7) is 2.42. The lowest BCUT2D eigenvalue weighted by Gasteiger charge is -2.22. The van der Waals surface area contributed by atoms with Crippen molar-refractivity contribution in [2.75, 3.05) is 20.2 Å². The van der Waals surface area contributed by atoms with Crippen molar-refractivity contribution in [1.29, 1.82) is 0 Å². The molecule has 2 aromatic heterocycles. The van der Waals surface area contributed by atoms with Gasteiger partial charge in [0.05, 0.1) is 25.9 Å². The average molecular weight is 434 g/mol. The van der Waals surface area contributed by atoms with E-state index in [0.717, 1.165) is 47.0 Å². The number of nitrogens with zero attached hydrogens (tertiary/aromatic N) is 3. The second-order valence-electron chi connectivity index (χ2n) is 6.74. The summed E-state index contributed by atoms with van der Waals surface area (Å²) in [4.78, 5) is 14.7. The highest BCUT2D eigenvalue weighted by molar-refractivity contribution is 7.15. The smallest absolute Gasteiger partial charge is 0.273 e. The summed E-state index contributed by atoms with van der Waals surface area (Å²) in [6, 6.07) is 12.4. The van der Waals surface area contributed by atoms with Gasteiger partial charge in [-0.2, -0.15) is 0 Å². The number of hydrogen-bond donors (Lipinski definition) is 2.